The fourth-order valence-corrected chi connectivity index (χ4v) is 2.33. The highest BCUT2D eigenvalue weighted by Crippen LogP contribution is 2.25. The number of aromatic hydroxyl groups is 1. The molecule has 9 nitrogen and oxygen atoms in total. The summed E-state index contributed by atoms with van der Waals surface area (Å²) < 4.78 is 13.0. The number of aliphatic hydroxyl groups is 1. The number of fused-ring (bicyclic) bond motifs is 1. The Morgan fingerprint density at radius 2 is 2.13 bits per heavy atom. The van der Waals surface area contributed by atoms with Crippen LogP contribution in [-0.2, 0) is 16.2 Å². The molecule has 2 heterocycles. The van der Waals surface area contributed by atoms with E-state index in [-0.39, 0.29) is 30.7 Å². The van der Waals surface area contributed by atoms with E-state index in [0.29, 0.717) is 23.6 Å². The maximum Gasteiger partial charge on any atom is 0.244 e. The zero-order valence-electron chi connectivity index (χ0n) is 12.8. The molecule has 0 saturated carbocycles. The van der Waals surface area contributed by atoms with Gasteiger partial charge in [-0.1, -0.05) is 13.3 Å². The molecule has 2 rings (SSSR count). The Kier molecular flexibility index (Phi) is 6.51. The Labute approximate surface area is 141 Å². The van der Waals surface area contributed by atoms with E-state index in [4.69, 9.17) is 15.2 Å². The van der Waals surface area contributed by atoms with Crippen molar-refractivity contribution in [2.24, 2.45) is 0 Å². The molecule has 0 aromatic carbocycles. The lowest BCUT2D eigenvalue weighted by atomic mass is 10.3. The summed E-state index contributed by atoms with van der Waals surface area (Å²) in [5, 5.41) is 19.1. The van der Waals surface area contributed by atoms with Gasteiger partial charge in [0.1, 0.15) is 12.8 Å². The number of imidazole rings is 1. The van der Waals surface area contributed by atoms with E-state index in [0.717, 1.165) is 12.8 Å². The first kappa shape index (κ1) is 17.9. The molecule has 2 aromatic rings. The normalized spacial score (nSPS) is 12.8. The summed E-state index contributed by atoms with van der Waals surface area (Å²) in [6, 6.07) is 0. The molecule has 0 amide bonds. The van der Waals surface area contributed by atoms with Crippen LogP contribution in [0.1, 0.15) is 19.8 Å². The average Bonchev–Trinajstić information content (AvgIpc) is 2.83. The van der Waals surface area contributed by atoms with Crippen molar-refractivity contribution in [1.29, 1.82) is 0 Å². The summed E-state index contributed by atoms with van der Waals surface area (Å²) in [6.07, 6.45) is 1.54. The molecule has 0 spiro atoms. The minimum Gasteiger partial charge on any atom is -0.492 e. The number of hydrogen-bond donors (Lipinski definition) is 3. The van der Waals surface area contributed by atoms with Crippen molar-refractivity contribution in [3.8, 4) is 5.88 Å². The molecule has 0 aliphatic heterocycles. The number of ether oxygens (including phenoxy) is 2. The summed E-state index contributed by atoms with van der Waals surface area (Å²) in [4.78, 5) is 11.8. The molecule has 1 unspecified atom stereocenters. The van der Waals surface area contributed by atoms with Gasteiger partial charge in [0.2, 0.25) is 11.8 Å². The lowest BCUT2D eigenvalue weighted by Crippen LogP contribution is -2.25. The summed E-state index contributed by atoms with van der Waals surface area (Å²) >= 11 is 3.27. The average molecular weight is 390 g/mol. The molecular weight excluding hydrogens is 370 g/mol. The Balaban J connectivity index is 2.04. The molecule has 4 N–H and O–H groups in total. The maximum atomic E-state index is 9.75. The number of aliphatic hydroxyl groups excluding tert-OH is 1. The van der Waals surface area contributed by atoms with Gasteiger partial charge in [-0.25, -0.2) is 4.98 Å². The largest absolute Gasteiger partial charge is 0.492 e. The Bertz CT molecular complexity index is 651. The Hall–Kier alpha value is -1.49. The third-order valence-electron chi connectivity index (χ3n) is 3.14. The van der Waals surface area contributed by atoms with Gasteiger partial charge in [0.05, 0.1) is 13.2 Å². The number of nitrogen functional groups attached to an aromatic ring is 1. The number of halogens is 1. The quantitative estimate of drug-likeness (QED) is 0.428. The van der Waals surface area contributed by atoms with E-state index < -0.39 is 6.10 Å². The van der Waals surface area contributed by atoms with Gasteiger partial charge in [-0.05, 0) is 22.4 Å². The van der Waals surface area contributed by atoms with Crippen LogP contribution in [0.2, 0.25) is 0 Å². The van der Waals surface area contributed by atoms with Crippen molar-refractivity contribution in [1.82, 2.24) is 19.5 Å². The van der Waals surface area contributed by atoms with E-state index in [1.807, 2.05) is 0 Å². The Morgan fingerprint density at radius 3 is 2.83 bits per heavy atom. The second-order valence-electron chi connectivity index (χ2n) is 4.92. The van der Waals surface area contributed by atoms with Crippen molar-refractivity contribution >= 4 is 33.0 Å². The highest BCUT2D eigenvalue weighted by molar-refractivity contribution is 9.10. The first-order chi connectivity index (χ1) is 11.1. The van der Waals surface area contributed by atoms with Crippen molar-refractivity contribution < 1.29 is 19.7 Å². The molecule has 2 aromatic heterocycles. The van der Waals surface area contributed by atoms with Crippen molar-refractivity contribution in [3.63, 3.8) is 0 Å². The summed E-state index contributed by atoms with van der Waals surface area (Å²) in [6.45, 7) is 2.90. The molecule has 128 valence electrons. The number of hydrogen-bond acceptors (Lipinski definition) is 8. The fourth-order valence-electron chi connectivity index (χ4n) is 1.89. The molecule has 0 aliphatic rings. The monoisotopic (exact) mass is 389 g/mol. The zero-order chi connectivity index (χ0) is 16.8. The standard InChI is InChI=1S/C13H20BrN5O4/c1-2-3-4-22-6-8(5-20)23-7-19-10-9(16-12(19)14)11(21)18-13(15)17-10/h8,20H,2-7H2,1H3,(H3,15,17,18,21). The van der Waals surface area contributed by atoms with Gasteiger partial charge in [-0.3, -0.25) is 4.57 Å². The van der Waals surface area contributed by atoms with Gasteiger partial charge in [-0.2, -0.15) is 9.97 Å². The smallest absolute Gasteiger partial charge is 0.244 e. The van der Waals surface area contributed by atoms with Crippen LogP contribution in [0.3, 0.4) is 0 Å². The number of unbranched alkanes of at least 4 members (excludes halogenated alkanes) is 1. The van der Waals surface area contributed by atoms with Gasteiger partial charge >= 0.3 is 0 Å². The van der Waals surface area contributed by atoms with Crippen LogP contribution in [0.5, 0.6) is 5.88 Å². The molecule has 0 radical (unpaired) electrons. The minimum atomic E-state index is -0.469. The SMILES string of the molecule is CCCCOCC(CO)OCn1c(Br)nc2c(O)nc(N)nc21. The number of anilines is 1. The van der Waals surface area contributed by atoms with Crippen molar-refractivity contribution in [2.75, 3.05) is 25.6 Å². The van der Waals surface area contributed by atoms with Crippen LogP contribution in [-0.4, -0.2) is 55.7 Å². The summed E-state index contributed by atoms with van der Waals surface area (Å²) in [5.41, 5.74) is 6.10. The van der Waals surface area contributed by atoms with Crippen LogP contribution < -0.4 is 5.73 Å². The fraction of sp³-hybridized carbons (Fsp3) is 0.615. The van der Waals surface area contributed by atoms with Crippen LogP contribution in [0.4, 0.5) is 5.95 Å². The van der Waals surface area contributed by atoms with Crippen LogP contribution in [0.25, 0.3) is 11.2 Å². The minimum absolute atomic E-state index is 0.0646. The van der Waals surface area contributed by atoms with Crippen LogP contribution >= 0.6 is 15.9 Å². The molecule has 23 heavy (non-hydrogen) atoms. The van der Waals surface area contributed by atoms with E-state index in [9.17, 15) is 10.2 Å². The molecule has 0 bridgehead atoms. The molecule has 1 atom stereocenters. The number of nitrogens with two attached hydrogens (primary N) is 1. The predicted octanol–water partition coefficient (Wildman–Crippen LogP) is 1.03. The van der Waals surface area contributed by atoms with E-state index in [2.05, 4.69) is 37.8 Å². The Morgan fingerprint density at radius 1 is 1.35 bits per heavy atom. The molecule has 0 aliphatic carbocycles. The maximum absolute atomic E-state index is 9.75. The third-order valence-corrected chi connectivity index (χ3v) is 3.74. The van der Waals surface area contributed by atoms with E-state index >= 15 is 0 Å². The van der Waals surface area contributed by atoms with E-state index in [1.165, 1.54) is 0 Å². The summed E-state index contributed by atoms with van der Waals surface area (Å²) in [5.74, 6) is -0.362. The van der Waals surface area contributed by atoms with Gasteiger partial charge < -0.3 is 25.4 Å². The lowest BCUT2D eigenvalue weighted by molar-refractivity contribution is -0.0672. The number of nitrogens with zero attached hydrogens (tertiary/aromatic N) is 4. The molecule has 10 heteroatoms. The zero-order valence-corrected chi connectivity index (χ0v) is 14.4. The van der Waals surface area contributed by atoms with Gasteiger partial charge in [-0.15, -0.1) is 0 Å². The topological polar surface area (TPSA) is 129 Å². The second-order valence-corrected chi connectivity index (χ2v) is 5.62. The van der Waals surface area contributed by atoms with E-state index in [1.54, 1.807) is 4.57 Å². The van der Waals surface area contributed by atoms with Crippen molar-refractivity contribution in [2.45, 2.75) is 32.6 Å². The summed E-state index contributed by atoms with van der Waals surface area (Å²) in [7, 11) is 0. The highest BCUT2D eigenvalue weighted by Gasteiger charge is 2.17. The first-order valence-corrected chi connectivity index (χ1v) is 8.04. The van der Waals surface area contributed by atoms with Gasteiger partial charge in [0.15, 0.2) is 15.9 Å². The molecule has 0 fully saturated rings. The van der Waals surface area contributed by atoms with Gasteiger partial charge in [0, 0.05) is 6.61 Å². The highest BCUT2D eigenvalue weighted by atomic mass is 79.9. The van der Waals surface area contributed by atoms with Crippen molar-refractivity contribution in [3.05, 3.63) is 4.73 Å². The molecule has 0 saturated heterocycles. The van der Waals surface area contributed by atoms with Crippen LogP contribution in [0, 0.1) is 0 Å². The number of aromatic nitrogens is 4. The van der Waals surface area contributed by atoms with Gasteiger partial charge in [0.25, 0.3) is 0 Å². The lowest BCUT2D eigenvalue weighted by Gasteiger charge is -2.16. The van der Waals surface area contributed by atoms with Crippen LogP contribution in [0.15, 0.2) is 4.73 Å². The number of rotatable bonds is 9. The first-order valence-electron chi connectivity index (χ1n) is 7.25. The third kappa shape index (κ3) is 4.50. The second kappa shape index (κ2) is 8.39. The molecular formula is C13H20BrN5O4. The predicted molar refractivity (Wildman–Crippen MR) is 86.8 cm³/mol.